The third kappa shape index (κ3) is 27.4. The van der Waals surface area contributed by atoms with Crippen LogP contribution < -0.4 is 29.6 Å². The fourth-order valence-electron chi connectivity index (χ4n) is 7.02. The minimum absolute atomic E-state index is 0.0259. The van der Waals surface area contributed by atoms with Gasteiger partial charge in [-0.2, -0.15) is 0 Å². The number of quaternary nitrogens is 1. The first-order valence-electron chi connectivity index (χ1n) is 22.8. The van der Waals surface area contributed by atoms with Crippen LogP contribution in [0.25, 0.3) is 0 Å². The van der Waals surface area contributed by atoms with Gasteiger partial charge in [0, 0.05) is 70.0 Å². The van der Waals surface area contributed by atoms with Gasteiger partial charge in [-0.05, 0) is 133 Å². The second-order valence-electron chi connectivity index (χ2n) is 19.4. The second kappa shape index (κ2) is 32.1. The Labute approximate surface area is 446 Å². The summed E-state index contributed by atoms with van der Waals surface area (Å²) in [5.41, 5.74) is 4.68. The predicted molar refractivity (Wildman–Crippen MR) is 287 cm³/mol. The predicted octanol–water partition coefficient (Wildman–Crippen LogP) is 6.68. The molecule has 3 atom stereocenters. The van der Waals surface area contributed by atoms with Crippen LogP contribution in [0.5, 0.6) is 0 Å². The van der Waals surface area contributed by atoms with E-state index in [-0.39, 0.29) is 23.0 Å². The summed E-state index contributed by atoms with van der Waals surface area (Å²) in [4.78, 5) is 4.71. The Morgan fingerprint density at radius 1 is 0.851 bits per heavy atom. The molecule has 2 aliphatic heterocycles. The third-order valence-corrected chi connectivity index (χ3v) is 13.4. The minimum atomic E-state index is -0.881. The molecule has 11 nitrogen and oxygen atoms in total. The van der Waals surface area contributed by atoms with Crippen LogP contribution in [0.4, 0.5) is 5.69 Å². The molecule has 67 heavy (non-hydrogen) atoms. The topological polar surface area (TPSA) is 173 Å². The molecule has 17 heteroatoms. The van der Waals surface area contributed by atoms with Crippen molar-refractivity contribution in [3.63, 3.8) is 0 Å². The summed E-state index contributed by atoms with van der Waals surface area (Å²) in [6.07, 6.45) is 8.55. The number of ether oxygens (including phenoxy) is 4. The molecule has 3 aromatic rings. The summed E-state index contributed by atoms with van der Waals surface area (Å²) in [7, 11) is 0. The monoisotopic (exact) mass is 1370 g/mol. The van der Waals surface area contributed by atoms with Gasteiger partial charge in [0.1, 0.15) is 0 Å². The number of nitrogens with one attached hydrogen (secondary N) is 1. The van der Waals surface area contributed by atoms with Gasteiger partial charge in [-0.3, -0.25) is 0 Å². The van der Waals surface area contributed by atoms with Crippen LogP contribution in [0.1, 0.15) is 127 Å². The fraction of sp³-hybridized carbons (Fsp3) is 0.620. The van der Waals surface area contributed by atoms with Gasteiger partial charge in [-0.25, -0.2) is 0 Å². The van der Waals surface area contributed by atoms with Crippen molar-refractivity contribution >= 4 is 81.5 Å². The van der Waals surface area contributed by atoms with Crippen molar-refractivity contribution < 1.29 is 63.4 Å². The zero-order chi connectivity index (χ0) is 49.4. The van der Waals surface area contributed by atoms with Crippen molar-refractivity contribution in [1.82, 2.24) is 0 Å². The van der Waals surface area contributed by atoms with Gasteiger partial charge in [-0.1, -0.05) is 54.0 Å². The molecule has 0 unspecified atom stereocenters. The summed E-state index contributed by atoms with van der Waals surface area (Å²) in [5.74, 6) is 12.9. The Morgan fingerprint density at radius 3 is 1.76 bits per heavy atom. The maximum absolute atomic E-state index is 10.8. The average Bonchev–Trinajstić information content (AvgIpc) is 4.14. The number of rotatable bonds is 11. The van der Waals surface area contributed by atoms with E-state index in [0.29, 0.717) is 57.3 Å². The molecule has 378 valence electrons. The molecular formula is C50H73BrI3N2O9S2-. The molecule has 0 radical (unpaired) electrons. The molecule has 2 saturated heterocycles. The van der Waals surface area contributed by atoms with Crippen LogP contribution in [-0.4, -0.2) is 95.3 Å². The van der Waals surface area contributed by atoms with E-state index in [1.54, 1.807) is 46.9 Å². The normalized spacial score (nSPS) is 25.1. The van der Waals surface area contributed by atoms with E-state index in [4.69, 9.17) is 18.9 Å². The summed E-state index contributed by atoms with van der Waals surface area (Å²) >= 11 is 12.0. The molecule has 7 rings (SSSR count). The number of benzene rings is 1. The van der Waals surface area contributed by atoms with Gasteiger partial charge in [-0.15, -0.1) is 22.7 Å². The average molecular weight is 1370 g/mol. The molecule has 2 aliphatic carbocycles. The molecule has 0 amide bonds. The van der Waals surface area contributed by atoms with Gasteiger partial charge in [0.15, 0.2) is 0 Å². The minimum Gasteiger partial charge on any atom is -0.586 e. The zero-order valence-corrected chi connectivity index (χ0v) is 49.5. The smallest absolute Gasteiger partial charge is 0.0884 e. The summed E-state index contributed by atoms with van der Waals surface area (Å²) < 4.78 is 23.2. The largest absolute Gasteiger partial charge is 0.586 e. The number of anilines is 1. The molecule has 0 bridgehead atoms. The molecule has 4 fully saturated rings. The molecule has 0 spiro atoms. The molecule has 2 saturated carbocycles. The Kier molecular flexibility index (Phi) is 29.3. The van der Waals surface area contributed by atoms with Crippen molar-refractivity contribution in [2.75, 3.05) is 45.0 Å². The van der Waals surface area contributed by atoms with Gasteiger partial charge in [0.25, 0.3) is 0 Å². The molecule has 4 heterocycles. The molecule has 2 aromatic heterocycles. The number of hydrogen-bond acceptors (Lipinski definition) is 11. The molecule has 1 aromatic carbocycles. The van der Waals surface area contributed by atoms with Crippen LogP contribution >= 0.6 is 75.8 Å². The van der Waals surface area contributed by atoms with Gasteiger partial charge >= 0.3 is 50.5 Å². The number of halogens is 4. The zero-order valence-electron chi connectivity index (χ0n) is 39.8. The van der Waals surface area contributed by atoms with Gasteiger partial charge in [0.2, 0.25) is 0 Å². The fourth-order valence-corrected chi connectivity index (χ4v) is 8.99. The summed E-state index contributed by atoms with van der Waals surface area (Å²) in [5, 5.41) is 47.7. The molecule has 8 N–H and O–H groups in total. The number of aliphatic hydroxyl groups excluding tert-OH is 1. The molecular weight excluding hydrogens is 1300 g/mol. The number of thiophene rings is 2. The third-order valence-electron chi connectivity index (χ3n) is 10.9. The Bertz CT molecular complexity index is 1910. The van der Waals surface area contributed by atoms with Crippen molar-refractivity contribution in [3.8, 4) is 23.7 Å². The Hall–Kier alpha value is -0.190. The van der Waals surface area contributed by atoms with Gasteiger partial charge in [0.05, 0.1) is 65.6 Å². The van der Waals surface area contributed by atoms with E-state index < -0.39 is 17.3 Å². The second-order valence-corrected chi connectivity index (χ2v) is 38.4. The SMILES string of the molecule is CC(C)(C)C#Cc1cc(Br)cs1.CC(C)(C)C#Cc1cc(NC2CCC(O)(CO[C@H]3CCOC3)CC2)cs1.I[I-]I.[NH3+]C1CCC(O)(CO[C@H]2CCOC2)CC1.[O-][OH+][CH-][C@@H](O)c1ccccc1. The van der Waals surface area contributed by atoms with Crippen LogP contribution in [-0.2, 0) is 18.9 Å². The van der Waals surface area contributed by atoms with E-state index in [9.17, 15) is 20.6 Å². The maximum Gasteiger partial charge on any atom is 0.0884 e. The van der Waals surface area contributed by atoms with Crippen molar-refractivity contribution in [3.05, 3.63) is 79.6 Å². The first kappa shape index (κ1) is 61.1. The maximum atomic E-state index is 10.8. The van der Waals surface area contributed by atoms with E-state index in [1.807, 2.05) is 17.5 Å². The summed E-state index contributed by atoms with van der Waals surface area (Å²) in [6.45, 7) is 17.5. The molecule has 4 aliphatic rings. The standard InChI is InChI=1S/C21H31NO3S.C11H21NO3.C10H11BrS.C8H9O3.I3/c1-20(2,3)8-6-19-12-17(14-26-19)22-16-4-9-21(23,10-5-16)15-25-18-7-11-24-13-18;12-9-1-4-11(13,5-2-9)8-15-10-3-6-14-7-10;1-10(2,3)5-4-9-6-8(11)7-12-9;9-8(6-11-10)7-4-2-1-3-5-7;1-3-2/h12,14,16,18,22-23H,4-5,7,9-11,13,15H2,1-3H3;9-10,13H,1-8,12H2;6-7H,1-3H3;1-6,8-9,11H;/q;;;2*-1/p+1/t16?,18-,21?;9?,10-,11?;;8-;/m00.1./s1. The number of aliphatic hydroxyl groups is 4. The Morgan fingerprint density at radius 2 is 1.33 bits per heavy atom. The van der Waals surface area contributed by atoms with E-state index in [1.165, 1.54) is 0 Å². The van der Waals surface area contributed by atoms with Crippen LogP contribution in [0.2, 0.25) is 0 Å². The van der Waals surface area contributed by atoms with Crippen LogP contribution in [0.15, 0.2) is 57.7 Å². The quantitative estimate of drug-likeness (QED) is 0.0351. The first-order chi connectivity index (χ1) is 31.7. The Balaban J connectivity index is 0.000000248. The van der Waals surface area contributed by atoms with E-state index in [2.05, 4.69) is 146 Å². The van der Waals surface area contributed by atoms with Crippen molar-refractivity contribution in [2.45, 2.75) is 147 Å². The van der Waals surface area contributed by atoms with Crippen molar-refractivity contribution in [2.24, 2.45) is 10.8 Å². The van der Waals surface area contributed by atoms with Gasteiger partial charge < -0.3 is 55.5 Å². The van der Waals surface area contributed by atoms with Crippen LogP contribution in [0, 0.1) is 41.1 Å². The van der Waals surface area contributed by atoms with Crippen molar-refractivity contribution in [1.29, 1.82) is 0 Å². The van der Waals surface area contributed by atoms with Crippen LogP contribution in [0.3, 0.4) is 0 Å². The van der Waals surface area contributed by atoms with E-state index >= 15 is 0 Å². The van der Waals surface area contributed by atoms with E-state index in [0.717, 1.165) is 104 Å². The summed E-state index contributed by atoms with van der Waals surface area (Å²) in [6, 6.07) is 14.0. The first-order valence-corrected chi connectivity index (χ1v) is 37.9. The number of hydrogen-bond donors (Lipinski definition) is 5.